The van der Waals surface area contributed by atoms with Gasteiger partial charge in [0.1, 0.15) is 0 Å². The average Bonchev–Trinajstić information content (AvgIpc) is 3.08. The molecular weight excluding hydrogens is 608 g/mol. The molecule has 0 saturated heterocycles. The second-order valence-corrected chi connectivity index (χ2v) is 12.8. The summed E-state index contributed by atoms with van der Waals surface area (Å²) in [6, 6.07) is 22.1. The molecule has 0 unspecified atom stereocenters. The van der Waals surface area contributed by atoms with Crippen LogP contribution < -0.4 is 18.9 Å². The van der Waals surface area contributed by atoms with Crippen LogP contribution in [0.3, 0.4) is 0 Å². The Hall–Kier alpha value is -4.72. The van der Waals surface area contributed by atoms with Gasteiger partial charge in [-0.05, 0) is 120 Å². The van der Waals surface area contributed by atoms with Crippen LogP contribution in [-0.2, 0) is 25.7 Å². The van der Waals surface area contributed by atoms with Crippen molar-refractivity contribution in [1.29, 1.82) is 0 Å². The minimum atomic E-state index is -0.107. The Morgan fingerprint density at radius 2 is 0.646 bits per heavy atom. The second kappa shape index (κ2) is 18.0. The molecule has 4 rings (SSSR count). The first-order valence-electron chi connectivity index (χ1n) is 16.3. The van der Waals surface area contributed by atoms with Gasteiger partial charge in [-0.1, -0.05) is 52.0 Å². The van der Waals surface area contributed by atoms with Crippen LogP contribution in [0.25, 0.3) is 0 Å². The van der Waals surface area contributed by atoms with E-state index in [1.54, 1.807) is 40.6 Å². The molecule has 0 saturated carbocycles. The minimum Gasteiger partial charge on any atom is -0.504 e. The monoisotopic (exact) mass is 660 g/mol. The van der Waals surface area contributed by atoms with Crippen molar-refractivity contribution in [3.63, 3.8) is 0 Å². The van der Waals surface area contributed by atoms with E-state index in [4.69, 9.17) is 18.9 Å². The summed E-state index contributed by atoms with van der Waals surface area (Å²) in [6.07, 6.45) is 3.57. The van der Waals surface area contributed by atoms with Gasteiger partial charge in [0.05, 0.1) is 28.4 Å². The van der Waals surface area contributed by atoms with Gasteiger partial charge in [-0.3, -0.25) is 0 Å². The Bertz CT molecular complexity index is 1480. The summed E-state index contributed by atoms with van der Waals surface area (Å²) < 4.78 is 21.5. The predicted molar refractivity (Wildman–Crippen MR) is 190 cm³/mol. The Morgan fingerprint density at radius 3 is 0.917 bits per heavy atom. The average molecular weight is 661 g/mol. The maximum Gasteiger partial charge on any atom is 0.160 e. The fraction of sp³-hybridized carbons (Fsp3) is 0.400. The molecule has 8 nitrogen and oxygen atoms in total. The van der Waals surface area contributed by atoms with Crippen molar-refractivity contribution in [2.45, 2.75) is 53.4 Å². The van der Waals surface area contributed by atoms with Crippen molar-refractivity contribution in [1.82, 2.24) is 0 Å². The second-order valence-electron chi connectivity index (χ2n) is 12.8. The van der Waals surface area contributed by atoms with E-state index in [0.29, 0.717) is 23.7 Å². The van der Waals surface area contributed by atoms with Gasteiger partial charge in [0.2, 0.25) is 0 Å². The molecule has 0 aliphatic rings. The largest absolute Gasteiger partial charge is 0.504 e. The van der Waals surface area contributed by atoms with E-state index in [9.17, 15) is 20.4 Å². The van der Waals surface area contributed by atoms with Crippen molar-refractivity contribution in [2.75, 3.05) is 28.4 Å². The zero-order valence-corrected chi connectivity index (χ0v) is 29.5. The lowest BCUT2D eigenvalue weighted by molar-refractivity contribution is 0.350. The molecular formula is C40H52O8. The van der Waals surface area contributed by atoms with Crippen LogP contribution in [0, 0.1) is 23.7 Å². The Labute approximate surface area is 285 Å². The van der Waals surface area contributed by atoms with E-state index in [2.05, 4.69) is 52.0 Å². The maximum atomic E-state index is 9.54. The summed E-state index contributed by atoms with van der Waals surface area (Å²) in [6.45, 7) is 8.86. The molecule has 4 aromatic rings. The highest BCUT2D eigenvalue weighted by Crippen LogP contribution is 2.33. The molecule has 0 aliphatic carbocycles. The number of rotatable bonds is 14. The number of hydrogen-bond acceptors (Lipinski definition) is 8. The van der Waals surface area contributed by atoms with Gasteiger partial charge in [0, 0.05) is 0 Å². The third-order valence-electron chi connectivity index (χ3n) is 9.15. The lowest BCUT2D eigenvalue weighted by Crippen LogP contribution is -2.14. The molecule has 8 heteroatoms. The lowest BCUT2D eigenvalue weighted by Gasteiger charge is -2.21. The molecule has 4 atom stereocenters. The van der Waals surface area contributed by atoms with E-state index >= 15 is 0 Å². The highest BCUT2D eigenvalue weighted by molar-refractivity contribution is 5.44. The summed E-state index contributed by atoms with van der Waals surface area (Å²) in [5, 5.41) is 37.8. The van der Waals surface area contributed by atoms with Crippen LogP contribution in [0.5, 0.6) is 46.0 Å². The highest BCUT2D eigenvalue weighted by atomic mass is 16.5. The number of hydrogen-bond donors (Lipinski definition) is 4. The lowest BCUT2D eigenvalue weighted by atomic mass is 9.85. The first-order valence-corrected chi connectivity index (χ1v) is 16.3. The standard InChI is InChI=1S/C22H30O4.C18H22O4/c1-15(11-17-7-9-19(23-3)21(13-17)25-5)16(2)12-18-8-10-20(24-4)22(14-18)26-6;1-11(7-13-3-5-15(19)17(21)9-13)12(2)8-14-4-6-16(20)18(22)10-14/h7-10,13-16H,11-12H2,1-6H3;3-6,9-12,19-22H,7-8H2,1-2H3/t15-,16+;11-,12+. The van der Waals surface area contributed by atoms with Crippen LogP contribution >= 0.6 is 0 Å². The Balaban J connectivity index is 0.000000264. The van der Waals surface area contributed by atoms with E-state index in [-0.39, 0.29) is 23.0 Å². The van der Waals surface area contributed by atoms with Crippen molar-refractivity contribution >= 4 is 0 Å². The summed E-state index contributed by atoms with van der Waals surface area (Å²) in [5.41, 5.74) is 4.47. The molecule has 0 fully saturated rings. The quantitative estimate of drug-likeness (QED) is 0.0998. The molecule has 0 bridgehead atoms. The van der Waals surface area contributed by atoms with E-state index in [0.717, 1.165) is 59.8 Å². The molecule has 4 N–H and O–H groups in total. The molecule has 0 aromatic heterocycles. The third kappa shape index (κ3) is 10.7. The summed E-state index contributed by atoms with van der Waals surface area (Å²) in [7, 11) is 6.66. The van der Waals surface area contributed by atoms with Crippen LogP contribution in [0.1, 0.15) is 49.9 Å². The molecule has 0 radical (unpaired) electrons. The molecule has 0 heterocycles. The Kier molecular flexibility index (Phi) is 14.1. The predicted octanol–water partition coefficient (Wildman–Crippen LogP) is 8.34. The smallest absolute Gasteiger partial charge is 0.160 e. The van der Waals surface area contributed by atoms with E-state index in [1.165, 1.54) is 23.3 Å². The number of phenolic OH excluding ortho intramolecular Hbond substituents is 4. The van der Waals surface area contributed by atoms with Crippen molar-refractivity contribution in [2.24, 2.45) is 23.7 Å². The van der Waals surface area contributed by atoms with Gasteiger partial charge in [-0.25, -0.2) is 0 Å². The molecule has 260 valence electrons. The normalized spacial score (nSPS) is 13.3. The molecule has 48 heavy (non-hydrogen) atoms. The molecule has 4 aromatic carbocycles. The molecule has 0 aliphatic heterocycles. The van der Waals surface area contributed by atoms with E-state index < -0.39 is 0 Å². The van der Waals surface area contributed by atoms with Crippen LogP contribution in [0.2, 0.25) is 0 Å². The minimum absolute atomic E-state index is 0.0965. The summed E-state index contributed by atoms with van der Waals surface area (Å²) in [4.78, 5) is 0. The fourth-order valence-corrected chi connectivity index (χ4v) is 5.70. The van der Waals surface area contributed by atoms with E-state index in [1.807, 2.05) is 24.3 Å². The SMILES string of the molecule is COc1ccc(C[C@@H](C)[C@@H](C)Cc2ccc(OC)c(OC)c2)cc1OC.C[C@H](Cc1ccc(O)c(O)c1)[C@@H](C)Cc1ccc(O)c(O)c1. The topological polar surface area (TPSA) is 118 Å². The zero-order valence-electron chi connectivity index (χ0n) is 29.5. The zero-order chi connectivity index (χ0) is 35.4. The number of methoxy groups -OCH3 is 4. The number of benzene rings is 4. The van der Waals surface area contributed by atoms with Gasteiger partial charge >= 0.3 is 0 Å². The van der Waals surface area contributed by atoms with Crippen LogP contribution in [0.4, 0.5) is 0 Å². The Morgan fingerprint density at radius 1 is 0.375 bits per heavy atom. The highest BCUT2D eigenvalue weighted by Gasteiger charge is 2.17. The van der Waals surface area contributed by atoms with Gasteiger partial charge in [-0.2, -0.15) is 0 Å². The first kappa shape index (κ1) is 37.7. The number of aromatic hydroxyl groups is 4. The van der Waals surface area contributed by atoms with Gasteiger partial charge in [-0.15, -0.1) is 0 Å². The van der Waals surface area contributed by atoms with Crippen molar-refractivity contribution in [3.05, 3.63) is 95.1 Å². The molecule has 0 spiro atoms. The molecule has 0 amide bonds. The number of ether oxygens (including phenoxy) is 4. The summed E-state index contributed by atoms with van der Waals surface area (Å²) >= 11 is 0. The third-order valence-corrected chi connectivity index (χ3v) is 9.15. The summed E-state index contributed by atoms with van der Waals surface area (Å²) in [5.74, 6) is 4.47. The number of phenols is 4. The first-order chi connectivity index (χ1) is 22.9. The van der Waals surface area contributed by atoms with Crippen molar-refractivity contribution < 1.29 is 39.4 Å². The van der Waals surface area contributed by atoms with Gasteiger partial charge in [0.15, 0.2) is 46.0 Å². The van der Waals surface area contributed by atoms with Crippen LogP contribution in [-0.4, -0.2) is 48.9 Å². The van der Waals surface area contributed by atoms with Crippen LogP contribution in [0.15, 0.2) is 72.8 Å². The van der Waals surface area contributed by atoms with Crippen molar-refractivity contribution in [3.8, 4) is 46.0 Å². The van der Waals surface area contributed by atoms with Gasteiger partial charge < -0.3 is 39.4 Å². The van der Waals surface area contributed by atoms with Gasteiger partial charge in [0.25, 0.3) is 0 Å². The maximum absolute atomic E-state index is 9.54. The fourth-order valence-electron chi connectivity index (χ4n) is 5.70.